The van der Waals surface area contributed by atoms with Crippen molar-refractivity contribution in [3.8, 4) is 0 Å². The second kappa shape index (κ2) is 6.94. The average molecular weight is 266 g/mol. The molecule has 1 aromatic rings. The number of benzene rings is 1. The van der Waals surface area contributed by atoms with E-state index in [-0.39, 0.29) is 4.90 Å². The Morgan fingerprint density at radius 1 is 1.47 bits per heavy atom. The summed E-state index contributed by atoms with van der Waals surface area (Å²) < 4.78 is 47.0. The number of carboxylic acids is 1. The van der Waals surface area contributed by atoms with Gasteiger partial charge in [-0.2, -0.15) is 8.42 Å². The van der Waals surface area contributed by atoms with Crippen LogP contribution in [0.1, 0.15) is 1.37 Å². The number of carboxylic acid groups (broad SMARTS) is 1. The van der Waals surface area contributed by atoms with Gasteiger partial charge in [0.15, 0.2) is 0 Å². The molecule has 96 valence electrons. The van der Waals surface area contributed by atoms with Gasteiger partial charge in [-0.25, -0.2) is 4.39 Å². The molecule has 0 saturated carbocycles. The lowest BCUT2D eigenvalue weighted by molar-refractivity contribution is -0.138. The minimum atomic E-state index is -4.00. The second-order valence-corrected chi connectivity index (χ2v) is 4.17. The summed E-state index contributed by atoms with van der Waals surface area (Å²) in [5.41, 5.74) is 4.55. The van der Waals surface area contributed by atoms with Crippen LogP contribution in [-0.2, 0) is 14.9 Å². The molecule has 1 rings (SSSR count). The third kappa shape index (κ3) is 6.61. The number of alkyl halides is 1. The summed E-state index contributed by atoms with van der Waals surface area (Å²) in [6.07, 6.45) is 0. The monoisotopic (exact) mass is 266 g/mol. The van der Waals surface area contributed by atoms with Gasteiger partial charge in [0.1, 0.15) is 12.7 Å². The molecule has 0 saturated heterocycles. The molecule has 0 aromatic heterocycles. The molecule has 0 unspecified atom stereocenters. The lowest BCUT2D eigenvalue weighted by Gasteiger charge is -1.94. The number of hydrogen-bond acceptors (Lipinski definition) is 4. The fraction of sp³-hybridized carbons (Fsp3) is 0.222. The summed E-state index contributed by atoms with van der Waals surface area (Å²) in [6.45, 7) is -1.37. The first-order valence-electron chi connectivity index (χ1n) is 4.72. The Morgan fingerprint density at radius 2 is 1.94 bits per heavy atom. The smallest absolute Gasteiger partial charge is 0.323 e. The predicted octanol–water partition coefficient (Wildman–Crippen LogP) is 0.301. The maximum absolute atomic E-state index is 11.3. The van der Waals surface area contributed by atoms with E-state index >= 15 is 0 Å². The van der Waals surface area contributed by atoms with Crippen LogP contribution in [0.5, 0.6) is 0 Å². The molecule has 8 heteroatoms. The van der Waals surface area contributed by atoms with Gasteiger partial charge in [0.25, 0.3) is 10.1 Å². The van der Waals surface area contributed by atoms with Gasteiger partial charge in [0.05, 0.1) is 6.27 Å². The van der Waals surface area contributed by atoms with Gasteiger partial charge >= 0.3 is 5.97 Å². The predicted molar refractivity (Wildman–Crippen MR) is 57.8 cm³/mol. The molecule has 0 aliphatic carbocycles. The maximum Gasteiger partial charge on any atom is 0.323 e. The third-order valence-electron chi connectivity index (χ3n) is 1.46. The van der Waals surface area contributed by atoms with Crippen molar-refractivity contribution in [2.45, 2.75) is 10.9 Å². The molecule has 0 radical (unpaired) electrons. The van der Waals surface area contributed by atoms with Crippen LogP contribution in [0.4, 0.5) is 4.39 Å². The van der Waals surface area contributed by atoms with Crippen LogP contribution < -0.4 is 5.73 Å². The Balaban J connectivity index is 0.000000331. The standard InChI is InChI=1S/C6H6O3S.C3H6FNO2/c7-10(8,9)6-4-2-1-3-5-6;4-1-2(5)3(6)7/h1-5H,(H,7,8,9);2H,1,5H2,(H,6,7)/t;2-/m.1/s1/i;2D. The van der Waals surface area contributed by atoms with Crippen molar-refractivity contribution in [3.63, 3.8) is 0 Å². The minimum absolute atomic E-state index is 0.0741. The van der Waals surface area contributed by atoms with Gasteiger partial charge in [0, 0.05) is 0 Å². The van der Waals surface area contributed by atoms with Crippen LogP contribution in [-0.4, -0.2) is 36.7 Å². The van der Waals surface area contributed by atoms with Crippen LogP contribution in [0, 0.1) is 0 Å². The normalized spacial score (nSPS) is 14.9. The topological polar surface area (TPSA) is 118 Å². The molecule has 0 bridgehead atoms. The van der Waals surface area contributed by atoms with E-state index in [4.69, 9.17) is 11.0 Å². The van der Waals surface area contributed by atoms with Gasteiger partial charge < -0.3 is 10.8 Å². The summed E-state index contributed by atoms with van der Waals surface area (Å²) in [4.78, 5) is 9.63. The van der Waals surface area contributed by atoms with E-state index in [1.807, 2.05) is 0 Å². The molecule has 6 nitrogen and oxygen atoms in total. The molecule has 4 N–H and O–H groups in total. The van der Waals surface area contributed by atoms with E-state index in [0.29, 0.717) is 0 Å². The second-order valence-electron chi connectivity index (χ2n) is 2.75. The Morgan fingerprint density at radius 3 is 2.12 bits per heavy atom. The zero-order chi connectivity index (χ0) is 14.4. The Bertz CT molecular complexity index is 491. The van der Waals surface area contributed by atoms with E-state index in [1.54, 1.807) is 18.2 Å². The highest BCUT2D eigenvalue weighted by molar-refractivity contribution is 7.85. The van der Waals surface area contributed by atoms with Crippen molar-refractivity contribution in [2.75, 3.05) is 6.67 Å². The number of carbonyl (C=O) groups is 1. The van der Waals surface area contributed by atoms with E-state index in [9.17, 15) is 17.6 Å². The lowest BCUT2D eigenvalue weighted by atomic mass is 10.4. The van der Waals surface area contributed by atoms with Crippen molar-refractivity contribution in [2.24, 2.45) is 5.73 Å². The fourth-order valence-corrected chi connectivity index (χ4v) is 1.15. The van der Waals surface area contributed by atoms with Gasteiger partial charge in [-0.15, -0.1) is 0 Å². The molecule has 1 aromatic carbocycles. The van der Waals surface area contributed by atoms with Crippen LogP contribution in [0.3, 0.4) is 0 Å². The molecular weight excluding hydrogens is 253 g/mol. The third-order valence-corrected chi connectivity index (χ3v) is 2.33. The largest absolute Gasteiger partial charge is 0.480 e. The maximum atomic E-state index is 11.3. The Kier molecular flexibility index (Phi) is 5.53. The van der Waals surface area contributed by atoms with Gasteiger partial charge in [-0.3, -0.25) is 9.35 Å². The van der Waals surface area contributed by atoms with E-state index in [0.717, 1.165) is 0 Å². The molecule has 17 heavy (non-hydrogen) atoms. The average Bonchev–Trinajstić information content (AvgIpc) is 2.30. The minimum Gasteiger partial charge on any atom is -0.480 e. The molecule has 0 amide bonds. The first kappa shape index (κ1) is 13.6. The number of nitrogens with two attached hydrogens (primary N) is 1. The van der Waals surface area contributed by atoms with Gasteiger partial charge in [-0.05, 0) is 12.1 Å². The van der Waals surface area contributed by atoms with Crippen molar-refractivity contribution < 1.29 is 28.6 Å². The highest BCUT2D eigenvalue weighted by atomic mass is 32.2. The molecule has 0 spiro atoms. The molecule has 0 aliphatic rings. The van der Waals surface area contributed by atoms with Crippen molar-refractivity contribution in [1.29, 1.82) is 0 Å². The Hall–Kier alpha value is -1.51. The number of hydrogen-bond donors (Lipinski definition) is 3. The fourth-order valence-electron chi connectivity index (χ4n) is 0.650. The van der Waals surface area contributed by atoms with E-state index in [1.165, 1.54) is 12.1 Å². The summed E-state index contributed by atoms with van der Waals surface area (Å²) in [7, 11) is -4.00. The highest BCUT2D eigenvalue weighted by Gasteiger charge is 2.08. The summed E-state index contributed by atoms with van der Waals surface area (Å²) >= 11 is 0. The number of rotatable bonds is 3. The highest BCUT2D eigenvalue weighted by Crippen LogP contribution is 2.05. The van der Waals surface area contributed by atoms with Crippen molar-refractivity contribution in [1.82, 2.24) is 0 Å². The molecule has 1 atom stereocenters. The zero-order valence-electron chi connectivity index (χ0n) is 9.58. The summed E-state index contributed by atoms with van der Waals surface area (Å²) in [5.74, 6) is -1.65. The summed E-state index contributed by atoms with van der Waals surface area (Å²) in [5, 5.41) is 7.89. The lowest BCUT2D eigenvalue weighted by Crippen LogP contribution is -2.31. The van der Waals surface area contributed by atoms with Crippen LogP contribution in [0.2, 0.25) is 0 Å². The number of aliphatic carboxylic acids is 1. The van der Waals surface area contributed by atoms with E-state index < -0.39 is 28.8 Å². The Labute approximate surface area is 99.0 Å². The van der Waals surface area contributed by atoms with Crippen LogP contribution in [0.15, 0.2) is 35.2 Å². The van der Waals surface area contributed by atoms with Gasteiger partial charge in [-0.1, -0.05) is 18.2 Å². The molecule has 0 fully saturated rings. The van der Waals surface area contributed by atoms with Crippen molar-refractivity contribution >= 4 is 16.1 Å². The van der Waals surface area contributed by atoms with Crippen molar-refractivity contribution in [3.05, 3.63) is 30.3 Å². The summed E-state index contributed by atoms with van der Waals surface area (Å²) in [6, 6.07) is 4.96. The van der Waals surface area contributed by atoms with Crippen LogP contribution in [0.25, 0.3) is 0 Å². The SMILES string of the molecule is O=S(=O)(O)c1ccccc1.[2H][C@@](N)(CF)C(=O)O. The first-order valence-corrected chi connectivity index (χ1v) is 5.66. The molecule has 0 aliphatic heterocycles. The zero-order valence-corrected chi connectivity index (χ0v) is 9.39. The molecular formula is C9H12FNO5S. The quantitative estimate of drug-likeness (QED) is 0.677. The first-order chi connectivity index (χ1) is 8.11. The van der Waals surface area contributed by atoms with Crippen LogP contribution >= 0.6 is 0 Å². The van der Waals surface area contributed by atoms with Gasteiger partial charge in [0.2, 0.25) is 0 Å². The van der Waals surface area contributed by atoms with E-state index in [2.05, 4.69) is 5.73 Å². The molecule has 0 heterocycles. The number of halogens is 1.